The summed E-state index contributed by atoms with van der Waals surface area (Å²) in [6.07, 6.45) is 7.09. The van der Waals surface area contributed by atoms with Crippen molar-refractivity contribution < 1.29 is 10.0 Å². The van der Waals surface area contributed by atoms with E-state index in [1.807, 2.05) is 0 Å². The second kappa shape index (κ2) is 2.99. The first-order chi connectivity index (χ1) is 7.09. The number of phenols is 1. The fraction of sp³-hybridized carbons (Fsp3) is 0.273. The smallest absolute Gasteiger partial charge is 0.311 e. The highest BCUT2D eigenvalue weighted by molar-refractivity contribution is 5.53. The van der Waals surface area contributed by atoms with Crippen molar-refractivity contribution >= 4 is 5.69 Å². The lowest BCUT2D eigenvalue weighted by Crippen LogP contribution is -2.03. The molecule has 2 rings (SSSR count). The maximum atomic E-state index is 10.6. The second-order valence-electron chi connectivity index (χ2n) is 3.69. The molecule has 0 saturated heterocycles. The number of nitro benzene ring substituents is 1. The minimum atomic E-state index is -0.606. The van der Waals surface area contributed by atoms with Gasteiger partial charge in [0.2, 0.25) is 0 Å². The van der Waals surface area contributed by atoms with Crippen LogP contribution in [0.2, 0.25) is 0 Å². The van der Waals surface area contributed by atoms with Crippen LogP contribution in [-0.2, 0) is 5.41 Å². The maximum Gasteiger partial charge on any atom is 0.311 e. The lowest BCUT2D eigenvalue weighted by Gasteiger charge is -2.07. The summed E-state index contributed by atoms with van der Waals surface area (Å²) in [4.78, 5) is 10.00. The van der Waals surface area contributed by atoms with Crippen molar-refractivity contribution in [2.45, 2.75) is 18.3 Å². The fourth-order valence-electron chi connectivity index (χ4n) is 1.61. The van der Waals surface area contributed by atoms with E-state index in [-0.39, 0.29) is 16.9 Å². The summed E-state index contributed by atoms with van der Waals surface area (Å²) in [5, 5.41) is 19.9. The lowest BCUT2D eigenvalue weighted by molar-refractivity contribution is -0.385. The SMILES string of the molecule is C#CC1(c2ccc(O)c([N+](=O)[O-])c2)CC1. The number of hydrogen-bond donors (Lipinski definition) is 1. The van der Waals surface area contributed by atoms with Gasteiger partial charge in [0, 0.05) is 6.07 Å². The zero-order valence-corrected chi connectivity index (χ0v) is 7.93. The summed E-state index contributed by atoms with van der Waals surface area (Å²) in [6.45, 7) is 0. The van der Waals surface area contributed by atoms with E-state index in [0.717, 1.165) is 18.4 Å². The van der Waals surface area contributed by atoms with Crippen molar-refractivity contribution in [3.63, 3.8) is 0 Å². The van der Waals surface area contributed by atoms with Gasteiger partial charge in [-0.25, -0.2) is 0 Å². The average molecular weight is 203 g/mol. The Kier molecular flexibility index (Phi) is 1.90. The molecule has 1 aromatic carbocycles. The van der Waals surface area contributed by atoms with Gasteiger partial charge in [0.05, 0.1) is 10.3 Å². The molecule has 0 bridgehead atoms. The molecule has 4 heteroatoms. The van der Waals surface area contributed by atoms with Gasteiger partial charge in [-0.05, 0) is 24.5 Å². The van der Waals surface area contributed by atoms with Crippen LogP contribution in [0, 0.1) is 22.5 Å². The van der Waals surface area contributed by atoms with Crippen LogP contribution in [0.25, 0.3) is 0 Å². The van der Waals surface area contributed by atoms with Crippen LogP contribution in [0.4, 0.5) is 5.69 Å². The summed E-state index contributed by atoms with van der Waals surface area (Å²) in [7, 11) is 0. The van der Waals surface area contributed by atoms with Gasteiger partial charge in [0.1, 0.15) is 0 Å². The Balaban J connectivity index is 2.49. The van der Waals surface area contributed by atoms with Crippen LogP contribution in [-0.4, -0.2) is 10.0 Å². The number of hydrogen-bond acceptors (Lipinski definition) is 3. The molecule has 1 aliphatic rings. The number of benzene rings is 1. The van der Waals surface area contributed by atoms with Gasteiger partial charge in [-0.15, -0.1) is 6.42 Å². The Labute approximate surface area is 86.7 Å². The molecule has 0 atom stereocenters. The highest BCUT2D eigenvalue weighted by atomic mass is 16.6. The van der Waals surface area contributed by atoms with Crippen molar-refractivity contribution in [1.82, 2.24) is 0 Å². The third-order valence-corrected chi connectivity index (χ3v) is 2.75. The van der Waals surface area contributed by atoms with E-state index in [0.29, 0.717) is 0 Å². The van der Waals surface area contributed by atoms with E-state index >= 15 is 0 Å². The molecule has 0 radical (unpaired) electrons. The Bertz CT molecular complexity index is 469. The Hall–Kier alpha value is -2.02. The van der Waals surface area contributed by atoms with Gasteiger partial charge < -0.3 is 5.11 Å². The molecule has 1 N–H and O–H groups in total. The molecule has 76 valence electrons. The van der Waals surface area contributed by atoms with Crippen molar-refractivity contribution in [3.05, 3.63) is 33.9 Å². The summed E-state index contributed by atoms with van der Waals surface area (Å²) < 4.78 is 0. The maximum absolute atomic E-state index is 10.6. The molecule has 4 nitrogen and oxygen atoms in total. The van der Waals surface area contributed by atoms with Gasteiger partial charge in [-0.1, -0.05) is 12.0 Å². The summed E-state index contributed by atoms with van der Waals surface area (Å²) in [5.74, 6) is 2.33. The topological polar surface area (TPSA) is 63.4 Å². The molecule has 0 aliphatic heterocycles. The number of phenolic OH excluding ortho intramolecular Hbond substituents is 1. The van der Waals surface area contributed by atoms with Crippen molar-refractivity contribution in [2.75, 3.05) is 0 Å². The van der Waals surface area contributed by atoms with Crippen LogP contribution >= 0.6 is 0 Å². The van der Waals surface area contributed by atoms with Gasteiger partial charge in [0.15, 0.2) is 5.75 Å². The van der Waals surface area contributed by atoms with E-state index in [9.17, 15) is 15.2 Å². The van der Waals surface area contributed by atoms with E-state index in [2.05, 4.69) is 5.92 Å². The number of rotatable bonds is 2. The molecule has 0 spiro atoms. The zero-order valence-electron chi connectivity index (χ0n) is 7.93. The first-order valence-electron chi connectivity index (χ1n) is 4.55. The molecule has 1 aliphatic carbocycles. The van der Waals surface area contributed by atoms with E-state index in [1.54, 1.807) is 6.07 Å². The largest absolute Gasteiger partial charge is 0.502 e. The summed E-state index contributed by atoms with van der Waals surface area (Å²) in [6, 6.07) is 4.34. The van der Waals surface area contributed by atoms with Gasteiger partial charge in [0.25, 0.3) is 0 Å². The minimum absolute atomic E-state index is 0.283. The third-order valence-electron chi connectivity index (χ3n) is 2.75. The quantitative estimate of drug-likeness (QED) is 0.454. The van der Waals surface area contributed by atoms with Crippen LogP contribution in [0.5, 0.6) is 5.75 Å². The van der Waals surface area contributed by atoms with Crippen molar-refractivity contribution in [3.8, 4) is 18.1 Å². The van der Waals surface area contributed by atoms with Gasteiger partial charge in [-0.2, -0.15) is 0 Å². The van der Waals surface area contributed by atoms with Crippen molar-refractivity contribution in [2.24, 2.45) is 0 Å². The minimum Gasteiger partial charge on any atom is -0.502 e. The number of terminal acetylenes is 1. The predicted octanol–water partition coefficient (Wildman–Crippen LogP) is 1.97. The molecular formula is C11H9NO3. The highest BCUT2D eigenvalue weighted by Crippen LogP contribution is 2.48. The Morgan fingerprint density at radius 3 is 2.67 bits per heavy atom. The molecule has 1 saturated carbocycles. The van der Waals surface area contributed by atoms with Crippen LogP contribution in [0.1, 0.15) is 18.4 Å². The average Bonchev–Trinajstić information content (AvgIpc) is 2.99. The molecule has 0 unspecified atom stereocenters. The predicted molar refractivity (Wildman–Crippen MR) is 54.5 cm³/mol. The summed E-state index contributed by atoms with van der Waals surface area (Å²) >= 11 is 0. The lowest BCUT2D eigenvalue weighted by atomic mass is 9.96. The number of nitrogens with zero attached hydrogens (tertiary/aromatic N) is 1. The van der Waals surface area contributed by atoms with Crippen LogP contribution in [0.3, 0.4) is 0 Å². The van der Waals surface area contributed by atoms with E-state index < -0.39 is 4.92 Å². The standard InChI is InChI=1S/C11H9NO3/c1-2-11(5-6-11)8-3-4-10(13)9(7-8)12(14)15/h1,3-4,7,13H,5-6H2. The summed E-state index contributed by atoms with van der Waals surface area (Å²) in [5.41, 5.74) is 0.127. The zero-order chi connectivity index (χ0) is 11.1. The molecule has 0 heterocycles. The molecule has 1 aromatic rings. The third kappa shape index (κ3) is 1.42. The fourth-order valence-corrected chi connectivity index (χ4v) is 1.61. The normalized spacial score (nSPS) is 16.7. The van der Waals surface area contributed by atoms with Crippen LogP contribution in [0.15, 0.2) is 18.2 Å². The molecule has 0 amide bonds. The number of aromatic hydroxyl groups is 1. The van der Waals surface area contributed by atoms with Gasteiger partial charge >= 0.3 is 5.69 Å². The molecule has 0 aromatic heterocycles. The number of nitro groups is 1. The van der Waals surface area contributed by atoms with Crippen LogP contribution < -0.4 is 0 Å². The van der Waals surface area contributed by atoms with E-state index in [4.69, 9.17) is 6.42 Å². The second-order valence-corrected chi connectivity index (χ2v) is 3.69. The monoisotopic (exact) mass is 203 g/mol. The van der Waals surface area contributed by atoms with Crippen molar-refractivity contribution in [1.29, 1.82) is 0 Å². The Morgan fingerprint density at radius 1 is 1.53 bits per heavy atom. The van der Waals surface area contributed by atoms with Gasteiger partial charge in [-0.3, -0.25) is 10.1 Å². The first kappa shape index (κ1) is 9.53. The first-order valence-corrected chi connectivity index (χ1v) is 4.55. The molecule has 1 fully saturated rings. The van der Waals surface area contributed by atoms with E-state index in [1.165, 1.54) is 12.1 Å². The Morgan fingerprint density at radius 2 is 2.20 bits per heavy atom. The highest BCUT2D eigenvalue weighted by Gasteiger charge is 2.43. The molecular weight excluding hydrogens is 194 g/mol. The molecule has 15 heavy (non-hydrogen) atoms.